The average molecular weight is 666 g/mol. The van der Waals surface area contributed by atoms with Crippen LogP contribution in [-0.4, -0.2) is 100 Å². The summed E-state index contributed by atoms with van der Waals surface area (Å²) in [6, 6.07) is 0. The first-order valence-corrected chi connectivity index (χ1v) is 19.6. The molecule has 0 rings (SSSR count). The van der Waals surface area contributed by atoms with E-state index in [1.165, 1.54) is 140 Å². The molecule has 0 spiro atoms. The molecular weight excluding hydrogens is 594 g/mol. The van der Waals surface area contributed by atoms with Crippen molar-refractivity contribution in [2.45, 2.75) is 161 Å². The van der Waals surface area contributed by atoms with Gasteiger partial charge < -0.3 is 43.0 Å². The number of hydrogen-bond acceptors (Lipinski definition) is 8. The monoisotopic (exact) mass is 665 g/mol. The van der Waals surface area contributed by atoms with Gasteiger partial charge in [-0.1, -0.05) is 118 Å². The Morgan fingerprint density at radius 3 is 1.24 bits per heavy atom. The molecule has 3 atom stereocenters. The van der Waals surface area contributed by atoms with Crippen LogP contribution in [0.3, 0.4) is 0 Å². The van der Waals surface area contributed by atoms with Gasteiger partial charge in [-0.15, -0.1) is 0 Å². The number of carbonyl (C=O) groups is 2. The van der Waals surface area contributed by atoms with E-state index in [2.05, 4.69) is 27.7 Å². The second kappa shape index (κ2) is 29.1. The van der Waals surface area contributed by atoms with Gasteiger partial charge in [-0.05, 0) is 25.7 Å². The van der Waals surface area contributed by atoms with Crippen LogP contribution >= 0.6 is 0 Å². The van der Waals surface area contributed by atoms with Gasteiger partial charge in [0.25, 0.3) is 0 Å². The van der Waals surface area contributed by atoms with Crippen LogP contribution in [0.4, 0.5) is 0 Å². The van der Waals surface area contributed by atoms with Gasteiger partial charge in [0.05, 0.1) is 37.7 Å². The fraction of sp³-hybridized carbons (Fsp3) is 0.941. The van der Waals surface area contributed by atoms with Gasteiger partial charge >= 0.3 is 14.8 Å². The molecule has 0 saturated carbocycles. The molecule has 0 heterocycles. The highest BCUT2D eigenvalue weighted by atomic mass is 28.4. The molecule has 0 radical (unpaired) electrons. The van der Waals surface area contributed by atoms with Crippen molar-refractivity contribution in [1.82, 2.24) is 0 Å². The highest BCUT2D eigenvalue weighted by Crippen LogP contribution is 2.29. The summed E-state index contributed by atoms with van der Waals surface area (Å²) >= 11 is 0. The molecule has 0 aliphatic heterocycles. The summed E-state index contributed by atoms with van der Waals surface area (Å²) in [4.78, 5) is 19.4. The van der Waals surface area contributed by atoms with E-state index >= 15 is 0 Å². The molecule has 3 unspecified atom stereocenters. The molecule has 3 N–H and O–H groups in total. The molecule has 0 aromatic carbocycles. The van der Waals surface area contributed by atoms with Crippen molar-refractivity contribution in [3.05, 3.63) is 0 Å². The van der Waals surface area contributed by atoms with Crippen LogP contribution in [0.25, 0.3) is 0 Å². The van der Waals surface area contributed by atoms with Gasteiger partial charge in [-0.3, -0.25) is 0 Å². The van der Waals surface area contributed by atoms with Crippen molar-refractivity contribution >= 4 is 20.7 Å². The van der Waals surface area contributed by atoms with Gasteiger partial charge in [0.15, 0.2) is 6.10 Å². The predicted molar refractivity (Wildman–Crippen MR) is 181 cm³/mol. The molecule has 0 amide bonds. The Labute approximate surface area is 276 Å². The molecule has 270 valence electrons. The van der Waals surface area contributed by atoms with E-state index in [1.54, 1.807) is 21.3 Å². The SMILES string of the molecule is CCCCCCCCCCCCCCCCCC[N+](CCC)(CCC)CC(C)[Si](OC)(OC)OC.O=C([O-])C(O)C(O)C(=O)O. The zero-order chi connectivity index (χ0) is 34.6. The fourth-order valence-electron chi connectivity index (χ4n) is 6.36. The number of carboxylic acids is 2. The van der Waals surface area contributed by atoms with Crippen molar-refractivity contribution in [2.75, 3.05) is 47.5 Å². The molecule has 45 heavy (non-hydrogen) atoms. The maximum absolute atomic E-state index is 9.74. The Kier molecular flexibility index (Phi) is 29.8. The van der Waals surface area contributed by atoms with E-state index in [0.29, 0.717) is 5.54 Å². The molecule has 10 nitrogen and oxygen atoms in total. The average Bonchev–Trinajstić information content (AvgIpc) is 3.01. The van der Waals surface area contributed by atoms with E-state index in [0.717, 1.165) is 6.54 Å². The van der Waals surface area contributed by atoms with Crippen LogP contribution in [0, 0.1) is 0 Å². The third kappa shape index (κ3) is 21.4. The number of rotatable bonds is 30. The molecule has 0 fully saturated rings. The summed E-state index contributed by atoms with van der Waals surface area (Å²) in [5.41, 5.74) is 0.307. The van der Waals surface area contributed by atoms with Gasteiger partial charge in [-0.25, -0.2) is 4.79 Å². The van der Waals surface area contributed by atoms with Crippen molar-refractivity contribution in [3.63, 3.8) is 0 Å². The second-order valence-corrected chi connectivity index (χ2v) is 16.1. The Morgan fingerprint density at radius 1 is 0.622 bits per heavy atom. The number of aliphatic hydroxyl groups is 2. The fourth-order valence-corrected chi connectivity index (χ4v) is 8.68. The zero-order valence-electron chi connectivity index (χ0n) is 30.0. The molecule has 0 aliphatic carbocycles. The largest absolute Gasteiger partial charge is 0.547 e. The highest BCUT2D eigenvalue weighted by Gasteiger charge is 2.48. The number of carboxylic acid groups (broad SMARTS) is 2. The lowest BCUT2D eigenvalue weighted by Gasteiger charge is -2.43. The Bertz CT molecular complexity index is 677. The number of quaternary nitrogens is 1. The van der Waals surface area contributed by atoms with Crippen LogP contribution in [0.1, 0.15) is 143 Å². The van der Waals surface area contributed by atoms with E-state index < -0.39 is 33.0 Å². The van der Waals surface area contributed by atoms with Crippen LogP contribution in [-0.2, 0) is 22.9 Å². The van der Waals surface area contributed by atoms with Gasteiger partial charge in [0.1, 0.15) is 6.10 Å². The number of aliphatic carboxylic acids is 2. The summed E-state index contributed by atoms with van der Waals surface area (Å²) in [5.74, 6) is -3.83. The molecular formula is C34H71NO9Si. The lowest BCUT2D eigenvalue weighted by molar-refractivity contribution is -0.928. The van der Waals surface area contributed by atoms with Crippen LogP contribution in [0.2, 0.25) is 5.54 Å². The number of aliphatic hydroxyl groups excluding tert-OH is 2. The minimum atomic E-state index is -2.60. The normalized spacial score (nSPS) is 14.0. The van der Waals surface area contributed by atoms with E-state index in [4.69, 9.17) is 28.6 Å². The Balaban J connectivity index is 0. The highest BCUT2D eigenvalue weighted by molar-refractivity contribution is 6.62. The van der Waals surface area contributed by atoms with Gasteiger partial charge in [0, 0.05) is 21.3 Å². The third-order valence-corrected chi connectivity index (χ3v) is 11.9. The first-order chi connectivity index (χ1) is 21.5. The summed E-state index contributed by atoms with van der Waals surface area (Å²) in [5, 5.41) is 34.1. The maximum atomic E-state index is 9.74. The molecule has 0 aliphatic rings. The Morgan fingerprint density at radius 2 is 0.978 bits per heavy atom. The summed E-state index contributed by atoms with van der Waals surface area (Å²) in [6.45, 7) is 14.1. The van der Waals surface area contributed by atoms with Crippen LogP contribution < -0.4 is 5.11 Å². The topological polar surface area (TPSA) is 146 Å². The molecule has 0 aromatic rings. The van der Waals surface area contributed by atoms with E-state index in [1.807, 2.05) is 0 Å². The smallest absolute Gasteiger partial charge is 0.508 e. The lowest BCUT2D eigenvalue weighted by Crippen LogP contribution is -2.57. The van der Waals surface area contributed by atoms with Gasteiger partial charge in [0.2, 0.25) is 0 Å². The molecule has 11 heteroatoms. The van der Waals surface area contributed by atoms with E-state index in [-0.39, 0.29) is 0 Å². The number of nitrogens with zero attached hydrogens (tertiary/aromatic N) is 1. The van der Waals surface area contributed by atoms with Crippen LogP contribution in [0.5, 0.6) is 0 Å². The molecule has 0 saturated heterocycles. The van der Waals surface area contributed by atoms with Crippen molar-refractivity contribution in [1.29, 1.82) is 0 Å². The minimum absolute atomic E-state index is 0.307. The van der Waals surface area contributed by atoms with Gasteiger partial charge in [-0.2, -0.15) is 0 Å². The summed E-state index contributed by atoms with van der Waals surface area (Å²) in [7, 11) is 2.65. The van der Waals surface area contributed by atoms with Crippen molar-refractivity contribution in [3.8, 4) is 0 Å². The second-order valence-electron chi connectivity index (χ2n) is 12.7. The molecule has 0 aromatic heterocycles. The zero-order valence-corrected chi connectivity index (χ0v) is 31.0. The first-order valence-electron chi connectivity index (χ1n) is 17.8. The number of hydrogen-bond donors (Lipinski definition) is 3. The molecule has 0 bridgehead atoms. The first kappa shape index (κ1) is 46.0. The summed E-state index contributed by atoms with van der Waals surface area (Å²) in [6.07, 6.45) is 20.6. The number of carbonyl (C=O) groups excluding carboxylic acids is 1. The lowest BCUT2D eigenvalue weighted by atomic mass is 10.0. The van der Waals surface area contributed by atoms with Crippen molar-refractivity contribution < 1.29 is 47.8 Å². The predicted octanol–water partition coefficient (Wildman–Crippen LogP) is 5.70. The minimum Gasteiger partial charge on any atom is -0.547 e. The Hall–Kier alpha value is -1.08. The maximum Gasteiger partial charge on any atom is 0.508 e. The number of unbranched alkanes of at least 4 members (excludes halogenated alkanes) is 15. The summed E-state index contributed by atoms with van der Waals surface area (Å²) < 4.78 is 18.7. The van der Waals surface area contributed by atoms with Crippen molar-refractivity contribution in [2.24, 2.45) is 0 Å². The van der Waals surface area contributed by atoms with Crippen LogP contribution in [0.15, 0.2) is 0 Å². The van der Waals surface area contributed by atoms with E-state index in [9.17, 15) is 14.7 Å². The standard InChI is InChI=1S/C30H66NO3Si.C4H6O6/c1-8-11-12-13-14-15-16-17-18-19-20-21-22-23-24-25-28-31(26-9-2,27-10-3)29-30(4)35(32-5,33-6)34-7;5-1(3(7)8)2(6)4(9)10/h30H,8-29H2,1-7H3;1-2,5-6H,(H,7,8)(H,9,10)/q+1;/p-1. The quantitative estimate of drug-likeness (QED) is 0.0500. The third-order valence-electron chi connectivity index (χ3n) is 8.79.